The predicted molar refractivity (Wildman–Crippen MR) is 69.5 cm³/mol. The van der Waals surface area contributed by atoms with Gasteiger partial charge in [-0.3, -0.25) is 0 Å². The van der Waals surface area contributed by atoms with Crippen LogP contribution < -0.4 is 86.3 Å². The molecule has 42 heavy (non-hydrogen) atoms. The Balaban J connectivity index is -0.0000000148. The van der Waals surface area contributed by atoms with Gasteiger partial charge >= 0.3 is 126 Å². The molecule has 0 amide bonds. The maximum absolute atomic E-state index is 8.52. The largest absolute Gasteiger partial charge is 4.00 e. The molecule has 0 aromatic carbocycles. The van der Waals surface area contributed by atoms with Crippen molar-refractivity contribution in [2.24, 2.45) is 0 Å². The van der Waals surface area contributed by atoms with Gasteiger partial charge in [-0.25, -0.2) is 0 Å². The van der Waals surface area contributed by atoms with Gasteiger partial charge in [-0.2, -0.15) is 0 Å². The first-order chi connectivity index (χ1) is 15.6. The van der Waals surface area contributed by atoms with E-state index in [0.29, 0.717) is 0 Å². The molecule has 27 nitrogen and oxygen atoms in total. The van der Waals surface area contributed by atoms with Crippen LogP contribution in [0.25, 0.3) is 0 Å². The summed E-state index contributed by atoms with van der Waals surface area (Å²) in [5.41, 5.74) is 0. The Kier molecular flexibility index (Phi) is 207. The fraction of sp³-hybridized carbons (Fsp3) is 0. The van der Waals surface area contributed by atoms with Crippen molar-refractivity contribution in [3.8, 4) is 0 Å². The first-order valence-electron chi connectivity index (χ1n) is 5.51. The second kappa shape index (κ2) is 90.0. The van der Waals surface area contributed by atoms with Crippen LogP contribution in [0.4, 0.5) is 0 Å². The molecule has 0 radical (unpaired) electrons. The molecule has 0 fully saturated rings. The summed E-state index contributed by atoms with van der Waals surface area (Å²) in [6, 6.07) is 0. The fourth-order valence-corrected chi connectivity index (χ4v) is 0. The van der Waals surface area contributed by atoms with Crippen LogP contribution >= 0.6 is 0 Å². The summed E-state index contributed by atoms with van der Waals surface area (Å²) in [6.45, 7) is 0. The average Bonchev–Trinajstić information content (AvgIpc) is 2.39. The van der Waals surface area contributed by atoms with E-state index in [0.717, 1.165) is 0 Å². The second-order valence-electron chi connectivity index (χ2n) is 2.25. The summed E-state index contributed by atoms with van der Waals surface area (Å²) < 4.78 is 76.7. The zero-order valence-corrected chi connectivity index (χ0v) is 41.3. The summed E-state index contributed by atoms with van der Waals surface area (Å²) in [5, 5.41) is 0. The van der Waals surface area contributed by atoms with Crippen LogP contribution in [-0.4, -0.2) is 117 Å². The van der Waals surface area contributed by atoms with Crippen molar-refractivity contribution in [3.05, 3.63) is 0 Å². The summed E-state index contributed by atoms with van der Waals surface area (Å²) in [5.74, 6) is 0. The van der Waals surface area contributed by atoms with Gasteiger partial charge in [0.2, 0.25) is 0 Å². The van der Waals surface area contributed by atoms with Gasteiger partial charge in [-0.1, -0.05) is 0 Å². The van der Waals surface area contributed by atoms with Crippen LogP contribution in [0.15, 0.2) is 0 Å². The van der Waals surface area contributed by atoms with Crippen molar-refractivity contribution in [3.63, 3.8) is 0 Å². The van der Waals surface area contributed by atoms with E-state index < -0.39 is 82.5 Å². The number of rotatable bonds is 0. The summed E-state index contributed by atoms with van der Waals surface area (Å²) in [7, 11) is -32.7. The van der Waals surface area contributed by atoms with Gasteiger partial charge in [-0.05, 0) is 0 Å². The molecule has 216 valence electrons. The summed E-state index contributed by atoms with van der Waals surface area (Å²) in [4.78, 5) is 153. The molecule has 0 bridgehead atoms. The Morgan fingerprint density at radius 1 is 0.214 bits per heavy atom. The normalized spacial score (nSPS) is 5.14. The van der Waals surface area contributed by atoms with Crippen molar-refractivity contribution in [2.75, 3.05) is 0 Å². The Morgan fingerprint density at radius 3 is 0.214 bits per heavy atom. The SMILES string of the molecule is O=[Si]([O-])[O-].O=[Si]([O-])[O-].O=[Si]([O-])[O-].O=[Si]([O-])[O-].O=[Si]([O-])[O-].O=[Si]([O-])[O-].O=[Si]([O-])[O-].O=[Si]([O-])[O-].O=[Si]([O-])[O-].[Al+3].[Al+3].[Zn+2].[Zn+2].[Zr+4].[Zr+4]. The molecule has 0 N–H and O–H groups in total. The third-order valence-electron chi connectivity index (χ3n) is 0. The van der Waals surface area contributed by atoms with Gasteiger partial charge in [0.25, 0.3) is 0 Å². The van der Waals surface area contributed by atoms with E-state index in [1.54, 1.807) is 0 Å². The van der Waals surface area contributed by atoms with E-state index in [4.69, 9.17) is 126 Å². The maximum Gasteiger partial charge on any atom is 4.00 e. The van der Waals surface area contributed by atoms with Crippen LogP contribution in [0.1, 0.15) is 0 Å². The van der Waals surface area contributed by atoms with Gasteiger partial charge in [0.1, 0.15) is 0 Å². The third kappa shape index (κ3) is 161000. The molecule has 0 atom stereocenters. The zero-order chi connectivity index (χ0) is 32.2. The molecular weight excluding hydrogens is 1050 g/mol. The molecule has 0 aliphatic heterocycles. The Bertz CT molecular complexity index is 442. The Morgan fingerprint density at radius 2 is 0.214 bits per heavy atom. The minimum Gasteiger partial charge on any atom is -0.672 e. The standard InChI is InChI=1S/2Al.9O3Si.2Zn.2Zr/c;;9*1-4(2)3;;;;/q2*+3;9*-2;2*+2;2*+4. The minimum absolute atomic E-state index is 0. The van der Waals surface area contributed by atoms with E-state index in [9.17, 15) is 0 Å². The van der Waals surface area contributed by atoms with Crippen LogP contribution in [0.3, 0.4) is 0 Å². The fourth-order valence-electron chi connectivity index (χ4n) is 0. The smallest absolute Gasteiger partial charge is 0.672 e. The first-order valence-corrected chi connectivity index (χ1v) is 16.5. The maximum atomic E-state index is 8.52. The molecule has 0 aliphatic carbocycles. The summed E-state index contributed by atoms with van der Waals surface area (Å²) >= 11 is 0. The third-order valence-corrected chi connectivity index (χ3v) is 0. The van der Waals surface area contributed by atoms with Gasteiger partial charge in [-0.15, -0.1) is 0 Å². The van der Waals surface area contributed by atoms with Gasteiger partial charge < -0.3 is 126 Å². The molecule has 0 heterocycles. The van der Waals surface area contributed by atoms with E-state index in [-0.39, 0.29) is 126 Å². The van der Waals surface area contributed by atoms with E-state index >= 15 is 0 Å². The molecule has 0 saturated heterocycles. The van der Waals surface area contributed by atoms with Gasteiger partial charge in [0, 0.05) is 82.5 Å². The second-order valence-corrected chi connectivity index (χ2v) is 6.75. The predicted octanol–water partition coefficient (Wildman–Crippen LogP) is -26.7. The van der Waals surface area contributed by atoms with Crippen LogP contribution in [0, 0.1) is 0 Å². The molecule has 0 aliphatic rings. The molecule has 0 saturated carbocycles. The van der Waals surface area contributed by atoms with Gasteiger partial charge in [0.15, 0.2) is 0 Å². The minimum atomic E-state index is -3.63. The van der Waals surface area contributed by atoms with Crippen molar-refractivity contribution >= 4 is 117 Å². The molecule has 42 heteroatoms. The van der Waals surface area contributed by atoms with Crippen LogP contribution in [0.5, 0.6) is 0 Å². The number of hydrogen-bond donors (Lipinski definition) is 0. The zero-order valence-electron chi connectivity index (χ0n) is 19.1. The molecule has 0 spiro atoms. The van der Waals surface area contributed by atoms with Crippen molar-refractivity contribution in [1.82, 2.24) is 0 Å². The van der Waals surface area contributed by atoms with Gasteiger partial charge in [0.05, 0.1) is 0 Å². The van der Waals surface area contributed by atoms with Crippen LogP contribution in [0.2, 0.25) is 0 Å². The molecular formula is Al2O27Si9Zn2Zr2. The van der Waals surface area contributed by atoms with Crippen molar-refractivity contribution in [2.45, 2.75) is 0 Å². The monoisotopic (exact) mass is 1050 g/mol. The molecule has 0 aromatic heterocycles. The van der Waals surface area contributed by atoms with E-state index in [2.05, 4.69) is 0 Å². The van der Waals surface area contributed by atoms with Crippen molar-refractivity contribution in [1.29, 1.82) is 0 Å². The van der Waals surface area contributed by atoms with Crippen LogP contribution in [-0.2, 0) is 132 Å². The van der Waals surface area contributed by atoms with Crippen molar-refractivity contribution < 1.29 is 218 Å². The first kappa shape index (κ1) is 96.8. The average molecular weight is 1050 g/mol. The Hall–Kier alpha value is 0.630. The van der Waals surface area contributed by atoms with E-state index in [1.807, 2.05) is 0 Å². The molecule has 0 aromatic rings. The molecule has 0 unspecified atom stereocenters. The van der Waals surface area contributed by atoms with E-state index in [1.165, 1.54) is 0 Å². The molecule has 0 rings (SSSR count). The quantitative estimate of drug-likeness (QED) is 0.203. The number of hydrogen-bond acceptors (Lipinski definition) is 27. The Labute approximate surface area is 331 Å². The topological polar surface area (TPSA) is 569 Å². The summed E-state index contributed by atoms with van der Waals surface area (Å²) in [6.07, 6.45) is 0.